The van der Waals surface area contributed by atoms with Crippen molar-refractivity contribution in [1.82, 2.24) is 9.97 Å². The van der Waals surface area contributed by atoms with E-state index in [1.165, 1.54) is 10.8 Å². The first-order chi connectivity index (χ1) is 13.2. The van der Waals surface area contributed by atoms with Crippen LogP contribution in [0.4, 0.5) is 5.95 Å². The second-order valence-corrected chi connectivity index (χ2v) is 8.02. The van der Waals surface area contributed by atoms with Crippen LogP contribution in [0.5, 0.6) is 0 Å². The molecular formula is C22H25N5. The van der Waals surface area contributed by atoms with Crippen LogP contribution in [0.2, 0.25) is 0 Å². The molecule has 1 aliphatic heterocycles. The summed E-state index contributed by atoms with van der Waals surface area (Å²) in [5.41, 5.74) is 14.3. The van der Waals surface area contributed by atoms with Crippen molar-refractivity contribution >= 4 is 16.7 Å². The third-order valence-electron chi connectivity index (χ3n) is 6.68. The SMILES string of the molecule is NCC1(CN)C[C@H]2C[C@@H]1CN2c1nccc(-c2ccc3ccccc3c2)n1. The first kappa shape index (κ1) is 16.7. The first-order valence-electron chi connectivity index (χ1n) is 9.71. The average Bonchev–Trinajstić information content (AvgIpc) is 3.32. The van der Waals surface area contributed by atoms with Gasteiger partial charge in [-0.3, -0.25) is 0 Å². The lowest BCUT2D eigenvalue weighted by atomic mass is 9.76. The van der Waals surface area contributed by atoms with E-state index in [0.717, 1.165) is 36.6 Å². The maximum atomic E-state index is 6.07. The molecule has 0 unspecified atom stereocenters. The number of rotatable bonds is 4. The fraction of sp³-hybridized carbons (Fsp3) is 0.364. The molecule has 2 aromatic carbocycles. The second-order valence-electron chi connectivity index (χ2n) is 8.02. The van der Waals surface area contributed by atoms with Gasteiger partial charge in [0.05, 0.1) is 5.69 Å². The number of anilines is 1. The molecule has 0 radical (unpaired) electrons. The topological polar surface area (TPSA) is 81.1 Å². The Kier molecular flexibility index (Phi) is 3.88. The lowest BCUT2D eigenvalue weighted by Gasteiger charge is -2.40. The van der Waals surface area contributed by atoms with E-state index in [4.69, 9.17) is 16.5 Å². The molecule has 1 saturated heterocycles. The fourth-order valence-corrected chi connectivity index (χ4v) is 5.01. The van der Waals surface area contributed by atoms with Crippen LogP contribution >= 0.6 is 0 Å². The molecular weight excluding hydrogens is 334 g/mol. The highest BCUT2D eigenvalue weighted by Crippen LogP contribution is 2.50. The van der Waals surface area contributed by atoms with E-state index < -0.39 is 0 Å². The molecule has 4 N–H and O–H groups in total. The second kappa shape index (κ2) is 6.29. The van der Waals surface area contributed by atoms with Crippen LogP contribution in [0.3, 0.4) is 0 Å². The van der Waals surface area contributed by atoms with Gasteiger partial charge < -0.3 is 16.4 Å². The van der Waals surface area contributed by atoms with Crippen LogP contribution in [-0.4, -0.2) is 35.6 Å². The summed E-state index contributed by atoms with van der Waals surface area (Å²) in [6, 6.07) is 17.3. The molecule has 0 spiro atoms. The number of hydrogen-bond acceptors (Lipinski definition) is 5. The lowest BCUT2D eigenvalue weighted by Crippen LogP contribution is -2.49. The third kappa shape index (κ3) is 2.61. The van der Waals surface area contributed by atoms with Gasteiger partial charge in [0, 0.05) is 29.8 Å². The van der Waals surface area contributed by atoms with Crippen molar-refractivity contribution in [3.05, 3.63) is 54.7 Å². The average molecular weight is 359 g/mol. The number of nitrogens with zero attached hydrogens (tertiary/aromatic N) is 3. The molecule has 5 rings (SSSR count). The molecule has 1 aliphatic carbocycles. The smallest absolute Gasteiger partial charge is 0.226 e. The normalized spacial score (nSPS) is 23.3. The summed E-state index contributed by atoms with van der Waals surface area (Å²) < 4.78 is 0. The van der Waals surface area contributed by atoms with E-state index >= 15 is 0 Å². The molecule has 1 aromatic heterocycles. The summed E-state index contributed by atoms with van der Waals surface area (Å²) >= 11 is 0. The van der Waals surface area contributed by atoms with E-state index in [9.17, 15) is 0 Å². The molecule has 138 valence electrons. The zero-order chi connectivity index (χ0) is 18.4. The Labute approximate surface area is 159 Å². The number of nitrogens with two attached hydrogens (primary N) is 2. The molecule has 2 atom stereocenters. The van der Waals surface area contributed by atoms with Crippen molar-refractivity contribution in [2.24, 2.45) is 22.8 Å². The Morgan fingerprint density at radius 1 is 1.04 bits per heavy atom. The van der Waals surface area contributed by atoms with Crippen molar-refractivity contribution in [1.29, 1.82) is 0 Å². The van der Waals surface area contributed by atoms with Gasteiger partial charge in [0.1, 0.15) is 0 Å². The van der Waals surface area contributed by atoms with Gasteiger partial charge in [-0.15, -0.1) is 0 Å². The summed E-state index contributed by atoms with van der Waals surface area (Å²) in [7, 11) is 0. The predicted molar refractivity (Wildman–Crippen MR) is 109 cm³/mol. The molecule has 2 aliphatic rings. The van der Waals surface area contributed by atoms with Gasteiger partial charge in [0.25, 0.3) is 0 Å². The molecule has 5 heteroatoms. The fourth-order valence-electron chi connectivity index (χ4n) is 5.01. The highest BCUT2D eigenvalue weighted by Gasteiger charge is 2.53. The maximum Gasteiger partial charge on any atom is 0.226 e. The Balaban J connectivity index is 1.45. The number of piperidine rings is 1. The quantitative estimate of drug-likeness (QED) is 0.749. The number of fused-ring (bicyclic) bond motifs is 3. The summed E-state index contributed by atoms with van der Waals surface area (Å²) in [4.78, 5) is 11.8. The standard InChI is InChI=1S/C22H25N5/c23-13-22(14-24)11-19-10-18(22)12-27(19)21-25-8-7-20(26-21)17-6-5-15-3-1-2-4-16(15)9-17/h1-9,18-19H,10-14,23-24H2/t18-,19-/m1/s1. The number of benzene rings is 2. The van der Waals surface area contributed by atoms with Gasteiger partial charge >= 0.3 is 0 Å². The van der Waals surface area contributed by atoms with E-state index in [-0.39, 0.29) is 5.41 Å². The summed E-state index contributed by atoms with van der Waals surface area (Å²) in [6.07, 6.45) is 4.07. The number of hydrogen-bond donors (Lipinski definition) is 2. The summed E-state index contributed by atoms with van der Waals surface area (Å²) in [5, 5.41) is 2.47. The van der Waals surface area contributed by atoms with Crippen LogP contribution in [0.15, 0.2) is 54.7 Å². The molecule has 3 aromatic rings. The minimum atomic E-state index is 0.108. The zero-order valence-electron chi connectivity index (χ0n) is 15.4. The molecule has 5 nitrogen and oxygen atoms in total. The van der Waals surface area contributed by atoms with Crippen LogP contribution < -0.4 is 16.4 Å². The molecule has 27 heavy (non-hydrogen) atoms. The first-order valence-corrected chi connectivity index (χ1v) is 9.71. The highest BCUT2D eigenvalue weighted by atomic mass is 15.3. The van der Waals surface area contributed by atoms with Crippen molar-refractivity contribution in [3.63, 3.8) is 0 Å². The van der Waals surface area contributed by atoms with Gasteiger partial charge in [-0.2, -0.15) is 0 Å². The molecule has 2 fully saturated rings. The molecule has 1 saturated carbocycles. The summed E-state index contributed by atoms with van der Waals surface area (Å²) in [5.74, 6) is 1.38. The maximum absolute atomic E-state index is 6.07. The largest absolute Gasteiger partial charge is 0.337 e. The summed E-state index contributed by atoms with van der Waals surface area (Å²) in [6.45, 7) is 2.31. The van der Waals surface area contributed by atoms with Crippen molar-refractivity contribution in [2.75, 3.05) is 24.5 Å². The Morgan fingerprint density at radius 3 is 2.59 bits per heavy atom. The predicted octanol–water partition coefficient (Wildman–Crippen LogP) is 2.80. The van der Waals surface area contributed by atoms with Gasteiger partial charge in [-0.05, 0) is 54.8 Å². The highest BCUT2D eigenvalue weighted by molar-refractivity contribution is 5.86. The molecule has 2 heterocycles. The Bertz CT molecular complexity index is 981. The van der Waals surface area contributed by atoms with Crippen LogP contribution in [0.25, 0.3) is 22.0 Å². The Hall–Kier alpha value is -2.50. The minimum absolute atomic E-state index is 0.108. The lowest BCUT2D eigenvalue weighted by molar-refractivity contribution is 0.207. The van der Waals surface area contributed by atoms with E-state index in [1.54, 1.807) is 0 Å². The number of aromatic nitrogens is 2. The van der Waals surface area contributed by atoms with E-state index in [0.29, 0.717) is 25.0 Å². The monoisotopic (exact) mass is 359 g/mol. The van der Waals surface area contributed by atoms with Crippen molar-refractivity contribution in [3.8, 4) is 11.3 Å². The van der Waals surface area contributed by atoms with Gasteiger partial charge in [0.15, 0.2) is 0 Å². The van der Waals surface area contributed by atoms with Gasteiger partial charge in [-0.1, -0.05) is 36.4 Å². The van der Waals surface area contributed by atoms with Gasteiger partial charge in [0.2, 0.25) is 5.95 Å². The van der Waals surface area contributed by atoms with E-state index in [1.807, 2.05) is 12.3 Å². The van der Waals surface area contributed by atoms with E-state index in [2.05, 4.69) is 52.3 Å². The van der Waals surface area contributed by atoms with Crippen LogP contribution in [0, 0.1) is 11.3 Å². The van der Waals surface area contributed by atoms with Crippen LogP contribution in [0.1, 0.15) is 12.8 Å². The minimum Gasteiger partial charge on any atom is -0.337 e. The van der Waals surface area contributed by atoms with Crippen LogP contribution in [-0.2, 0) is 0 Å². The third-order valence-corrected chi connectivity index (χ3v) is 6.68. The van der Waals surface area contributed by atoms with Crippen molar-refractivity contribution in [2.45, 2.75) is 18.9 Å². The Morgan fingerprint density at radius 2 is 1.85 bits per heavy atom. The molecule has 0 amide bonds. The van der Waals surface area contributed by atoms with Crippen molar-refractivity contribution < 1.29 is 0 Å². The molecule has 2 bridgehead atoms. The van der Waals surface area contributed by atoms with Gasteiger partial charge in [-0.25, -0.2) is 9.97 Å². The zero-order valence-corrected chi connectivity index (χ0v) is 15.4.